The van der Waals surface area contributed by atoms with Gasteiger partial charge in [0.25, 0.3) is 0 Å². The van der Waals surface area contributed by atoms with Crippen LogP contribution < -0.4 is 0 Å². The molecule has 0 saturated carbocycles. The van der Waals surface area contributed by atoms with Gasteiger partial charge < -0.3 is 14.8 Å². The number of rotatable bonds is 2. The molecule has 3 aromatic rings. The van der Waals surface area contributed by atoms with Crippen molar-refractivity contribution in [1.29, 1.82) is 0 Å². The second-order valence-electron chi connectivity index (χ2n) is 4.51. The number of hydrogen-bond donors (Lipinski definition) is 2. The molecule has 0 aliphatic rings. The van der Waals surface area contributed by atoms with Crippen LogP contribution in [0.1, 0.15) is 6.92 Å². The van der Waals surface area contributed by atoms with Crippen LogP contribution in [0.2, 0.25) is 5.02 Å². The maximum Gasteiger partial charge on any atom is 0.145 e. The molecule has 0 saturated heterocycles. The Bertz CT molecular complexity index is 796. The molecule has 2 N–H and O–H groups in total. The third-order valence-corrected chi connectivity index (χ3v) is 3.48. The molecule has 0 radical (unpaired) electrons. The summed E-state index contributed by atoms with van der Waals surface area (Å²) in [6.07, 6.45) is 0. The van der Waals surface area contributed by atoms with Gasteiger partial charge in [-0.15, -0.1) is 0 Å². The zero-order chi connectivity index (χ0) is 14.3. The van der Waals surface area contributed by atoms with Gasteiger partial charge in [0.2, 0.25) is 0 Å². The summed E-state index contributed by atoms with van der Waals surface area (Å²) < 4.78 is 1.95. The standard InChI is InChI=1S/C15H13ClN2O2/c1-2-18-13-7-9(16)3-5-12(13)17-15(18)11-8-10(19)4-6-14(11)20/h3-8,19-20H,2H2,1H3. The van der Waals surface area contributed by atoms with Gasteiger partial charge in [0.05, 0.1) is 16.6 Å². The number of aryl methyl sites for hydroxylation is 1. The summed E-state index contributed by atoms with van der Waals surface area (Å²) in [6, 6.07) is 9.86. The van der Waals surface area contributed by atoms with Gasteiger partial charge in [0, 0.05) is 11.6 Å². The summed E-state index contributed by atoms with van der Waals surface area (Å²) in [5.74, 6) is 0.780. The van der Waals surface area contributed by atoms with Crippen molar-refractivity contribution in [3.05, 3.63) is 41.4 Å². The second-order valence-corrected chi connectivity index (χ2v) is 4.95. The predicted molar refractivity (Wildman–Crippen MR) is 79.2 cm³/mol. The van der Waals surface area contributed by atoms with Gasteiger partial charge in [-0.2, -0.15) is 0 Å². The number of phenolic OH excluding ortho intramolecular Hbond substituents is 2. The van der Waals surface area contributed by atoms with Gasteiger partial charge in [-0.25, -0.2) is 4.98 Å². The fraction of sp³-hybridized carbons (Fsp3) is 0.133. The highest BCUT2D eigenvalue weighted by Crippen LogP contribution is 2.34. The minimum atomic E-state index is 0.0823. The molecule has 20 heavy (non-hydrogen) atoms. The van der Waals surface area contributed by atoms with Crippen molar-refractivity contribution in [2.75, 3.05) is 0 Å². The topological polar surface area (TPSA) is 58.3 Å². The summed E-state index contributed by atoms with van der Waals surface area (Å²) >= 11 is 6.03. The third kappa shape index (κ3) is 1.98. The first kappa shape index (κ1) is 12.8. The van der Waals surface area contributed by atoms with Crippen LogP contribution in [0.15, 0.2) is 36.4 Å². The minimum absolute atomic E-state index is 0.0823. The van der Waals surface area contributed by atoms with E-state index in [0.717, 1.165) is 11.0 Å². The number of imidazole rings is 1. The average molecular weight is 289 g/mol. The maximum absolute atomic E-state index is 10.00. The highest BCUT2D eigenvalue weighted by Gasteiger charge is 2.15. The maximum atomic E-state index is 10.00. The van der Waals surface area contributed by atoms with Crippen LogP contribution in [-0.4, -0.2) is 19.8 Å². The van der Waals surface area contributed by atoms with E-state index in [1.807, 2.05) is 23.6 Å². The highest BCUT2D eigenvalue weighted by atomic mass is 35.5. The van der Waals surface area contributed by atoms with Crippen molar-refractivity contribution in [2.24, 2.45) is 0 Å². The molecular formula is C15H13ClN2O2. The Morgan fingerprint density at radius 2 is 1.95 bits per heavy atom. The molecule has 0 fully saturated rings. The smallest absolute Gasteiger partial charge is 0.145 e. The quantitative estimate of drug-likeness (QED) is 0.705. The normalized spacial score (nSPS) is 11.1. The summed E-state index contributed by atoms with van der Waals surface area (Å²) in [5, 5.41) is 20.2. The lowest BCUT2D eigenvalue weighted by Crippen LogP contribution is -1.97. The van der Waals surface area contributed by atoms with Gasteiger partial charge in [-0.1, -0.05) is 11.6 Å². The van der Waals surface area contributed by atoms with Gasteiger partial charge in [-0.05, 0) is 43.3 Å². The summed E-state index contributed by atoms with van der Waals surface area (Å²) in [4.78, 5) is 4.53. The van der Waals surface area contributed by atoms with Crippen LogP contribution in [0.5, 0.6) is 11.5 Å². The Kier molecular flexibility index (Phi) is 3.03. The van der Waals surface area contributed by atoms with Crippen molar-refractivity contribution in [2.45, 2.75) is 13.5 Å². The number of aromatic nitrogens is 2. The van der Waals surface area contributed by atoms with E-state index in [0.29, 0.717) is 23.0 Å². The first-order valence-electron chi connectivity index (χ1n) is 6.28. The van der Waals surface area contributed by atoms with Gasteiger partial charge in [0.1, 0.15) is 17.3 Å². The van der Waals surface area contributed by atoms with E-state index >= 15 is 0 Å². The first-order valence-corrected chi connectivity index (χ1v) is 6.66. The molecule has 0 aliphatic carbocycles. The van der Waals surface area contributed by atoms with Crippen LogP contribution in [-0.2, 0) is 6.54 Å². The number of nitrogens with zero attached hydrogens (tertiary/aromatic N) is 2. The van der Waals surface area contributed by atoms with E-state index in [1.165, 1.54) is 18.2 Å². The fourth-order valence-electron chi connectivity index (χ4n) is 2.32. The van der Waals surface area contributed by atoms with E-state index in [-0.39, 0.29) is 11.5 Å². The molecule has 0 aliphatic heterocycles. The van der Waals surface area contributed by atoms with E-state index in [1.54, 1.807) is 6.07 Å². The molecule has 0 bridgehead atoms. The van der Waals surface area contributed by atoms with E-state index in [9.17, 15) is 10.2 Å². The molecular weight excluding hydrogens is 276 g/mol. The molecule has 4 nitrogen and oxygen atoms in total. The molecule has 0 amide bonds. The van der Waals surface area contributed by atoms with E-state index in [2.05, 4.69) is 4.98 Å². The van der Waals surface area contributed by atoms with Crippen LogP contribution in [0.25, 0.3) is 22.4 Å². The summed E-state index contributed by atoms with van der Waals surface area (Å²) in [6.45, 7) is 2.67. The molecule has 3 rings (SSSR count). The summed E-state index contributed by atoms with van der Waals surface area (Å²) in [5.41, 5.74) is 2.20. The lowest BCUT2D eigenvalue weighted by molar-refractivity contribution is 0.461. The Labute approximate surface area is 120 Å². The molecule has 2 aromatic carbocycles. The predicted octanol–water partition coefficient (Wildman–Crippen LogP) is 3.79. The van der Waals surface area contributed by atoms with Crippen LogP contribution >= 0.6 is 11.6 Å². The number of hydrogen-bond acceptors (Lipinski definition) is 3. The van der Waals surface area contributed by atoms with Crippen LogP contribution in [0.3, 0.4) is 0 Å². The lowest BCUT2D eigenvalue weighted by Gasteiger charge is -2.08. The zero-order valence-electron chi connectivity index (χ0n) is 10.8. The second kappa shape index (κ2) is 4.72. The molecule has 1 aromatic heterocycles. The number of halogens is 1. The fourth-order valence-corrected chi connectivity index (χ4v) is 2.49. The Hall–Kier alpha value is -2.20. The SMILES string of the molecule is CCn1c(-c2cc(O)ccc2O)nc2ccc(Cl)cc21. The number of benzene rings is 2. The van der Waals surface area contributed by atoms with Crippen LogP contribution in [0, 0.1) is 0 Å². The van der Waals surface area contributed by atoms with Crippen LogP contribution in [0.4, 0.5) is 0 Å². The Balaban J connectivity index is 2.33. The van der Waals surface area contributed by atoms with Crippen molar-refractivity contribution in [3.63, 3.8) is 0 Å². The van der Waals surface area contributed by atoms with Crippen molar-refractivity contribution >= 4 is 22.6 Å². The first-order chi connectivity index (χ1) is 9.60. The number of aromatic hydroxyl groups is 2. The summed E-state index contributed by atoms with van der Waals surface area (Å²) in [7, 11) is 0. The molecule has 0 atom stereocenters. The third-order valence-electron chi connectivity index (χ3n) is 3.25. The van der Waals surface area contributed by atoms with Crippen molar-refractivity contribution in [3.8, 4) is 22.9 Å². The van der Waals surface area contributed by atoms with Gasteiger partial charge >= 0.3 is 0 Å². The van der Waals surface area contributed by atoms with Crippen molar-refractivity contribution in [1.82, 2.24) is 9.55 Å². The Morgan fingerprint density at radius 1 is 1.15 bits per heavy atom. The van der Waals surface area contributed by atoms with Crippen molar-refractivity contribution < 1.29 is 10.2 Å². The zero-order valence-corrected chi connectivity index (χ0v) is 11.6. The largest absolute Gasteiger partial charge is 0.508 e. The monoisotopic (exact) mass is 288 g/mol. The molecule has 0 unspecified atom stereocenters. The van der Waals surface area contributed by atoms with E-state index in [4.69, 9.17) is 11.6 Å². The Morgan fingerprint density at radius 3 is 2.70 bits per heavy atom. The minimum Gasteiger partial charge on any atom is -0.508 e. The molecule has 0 spiro atoms. The molecule has 1 heterocycles. The van der Waals surface area contributed by atoms with Gasteiger partial charge in [-0.3, -0.25) is 0 Å². The van der Waals surface area contributed by atoms with Gasteiger partial charge in [0.15, 0.2) is 0 Å². The van der Waals surface area contributed by atoms with E-state index < -0.39 is 0 Å². The lowest BCUT2D eigenvalue weighted by atomic mass is 10.1. The molecule has 102 valence electrons. The average Bonchev–Trinajstić information content (AvgIpc) is 2.79. The highest BCUT2D eigenvalue weighted by molar-refractivity contribution is 6.31. The number of phenols is 2. The number of fused-ring (bicyclic) bond motifs is 1. The molecule has 5 heteroatoms.